The second kappa shape index (κ2) is 7.06. The van der Waals surface area contributed by atoms with Crippen molar-refractivity contribution >= 4 is 33.5 Å². The van der Waals surface area contributed by atoms with Crippen LogP contribution in [0.15, 0.2) is 24.3 Å². The molecule has 0 aliphatic carbocycles. The van der Waals surface area contributed by atoms with E-state index in [1.165, 1.54) is 7.11 Å². The van der Waals surface area contributed by atoms with E-state index in [2.05, 4.69) is 26.0 Å². The van der Waals surface area contributed by atoms with Crippen LogP contribution in [-0.4, -0.2) is 24.3 Å². The third kappa shape index (κ3) is 4.56. The van der Waals surface area contributed by atoms with Crippen LogP contribution in [0.1, 0.15) is 23.2 Å². The van der Waals surface area contributed by atoms with Gasteiger partial charge in [0.1, 0.15) is 0 Å². The molecule has 0 heterocycles. The quantitative estimate of drug-likeness (QED) is 0.671. The Bertz CT molecular complexity index is 406. The number of ether oxygens (including phenoxy) is 1. The van der Waals surface area contributed by atoms with Crippen molar-refractivity contribution in [2.24, 2.45) is 0 Å². The number of hydrogen-bond acceptors (Lipinski definition) is 3. The fraction of sp³-hybridized carbons (Fsp3) is 0.333. The number of alkyl halides is 1. The number of amides is 1. The highest BCUT2D eigenvalue weighted by Gasteiger charge is 2.07. The Kier molecular flexibility index (Phi) is 5.69. The first-order valence-electron chi connectivity index (χ1n) is 5.21. The maximum Gasteiger partial charge on any atom is 0.337 e. The Morgan fingerprint density at radius 3 is 2.82 bits per heavy atom. The Morgan fingerprint density at radius 2 is 2.18 bits per heavy atom. The first kappa shape index (κ1) is 13.7. The standard InChI is InChI=1S/C12H14BrNO3/c1-17-12(16)9-4-2-5-10(8-9)14-11(15)6-3-7-13/h2,4-5,8H,3,6-7H2,1H3,(H,14,15). The molecule has 0 saturated carbocycles. The molecular weight excluding hydrogens is 286 g/mol. The summed E-state index contributed by atoms with van der Waals surface area (Å²) in [6.07, 6.45) is 1.23. The second-order valence-electron chi connectivity index (χ2n) is 3.41. The van der Waals surface area contributed by atoms with E-state index in [-0.39, 0.29) is 5.91 Å². The van der Waals surface area contributed by atoms with Crippen molar-refractivity contribution in [1.82, 2.24) is 0 Å². The highest BCUT2D eigenvalue weighted by atomic mass is 79.9. The smallest absolute Gasteiger partial charge is 0.337 e. The Hall–Kier alpha value is -1.36. The fourth-order valence-electron chi connectivity index (χ4n) is 1.29. The molecule has 0 saturated heterocycles. The molecule has 0 atom stereocenters. The maximum absolute atomic E-state index is 11.5. The van der Waals surface area contributed by atoms with Gasteiger partial charge in [0.05, 0.1) is 12.7 Å². The summed E-state index contributed by atoms with van der Waals surface area (Å²) in [5.41, 5.74) is 1.03. The summed E-state index contributed by atoms with van der Waals surface area (Å²) in [6, 6.07) is 6.67. The highest BCUT2D eigenvalue weighted by molar-refractivity contribution is 9.09. The summed E-state index contributed by atoms with van der Waals surface area (Å²) in [6.45, 7) is 0. The molecule has 0 aromatic heterocycles. The third-order valence-electron chi connectivity index (χ3n) is 2.10. The summed E-state index contributed by atoms with van der Waals surface area (Å²) in [5.74, 6) is -0.479. The number of benzene rings is 1. The summed E-state index contributed by atoms with van der Waals surface area (Å²) in [7, 11) is 1.32. The van der Waals surface area contributed by atoms with Gasteiger partial charge in [0, 0.05) is 17.4 Å². The third-order valence-corrected chi connectivity index (χ3v) is 2.67. The topological polar surface area (TPSA) is 55.4 Å². The molecule has 0 radical (unpaired) electrons. The van der Waals surface area contributed by atoms with Crippen LogP contribution in [0.4, 0.5) is 5.69 Å². The van der Waals surface area contributed by atoms with Gasteiger partial charge in [-0.1, -0.05) is 22.0 Å². The number of carbonyl (C=O) groups excluding carboxylic acids is 2. The Labute approximate surface area is 108 Å². The molecule has 17 heavy (non-hydrogen) atoms. The summed E-state index contributed by atoms with van der Waals surface area (Å²) >= 11 is 3.26. The van der Waals surface area contributed by atoms with Crippen molar-refractivity contribution < 1.29 is 14.3 Å². The molecular formula is C12H14BrNO3. The monoisotopic (exact) mass is 299 g/mol. The molecule has 0 bridgehead atoms. The van der Waals surface area contributed by atoms with E-state index in [9.17, 15) is 9.59 Å². The Morgan fingerprint density at radius 1 is 1.41 bits per heavy atom. The number of anilines is 1. The van der Waals surface area contributed by atoms with Gasteiger partial charge < -0.3 is 10.1 Å². The highest BCUT2D eigenvalue weighted by Crippen LogP contribution is 2.12. The lowest BCUT2D eigenvalue weighted by Crippen LogP contribution is -2.12. The van der Waals surface area contributed by atoms with Crippen molar-refractivity contribution in [2.45, 2.75) is 12.8 Å². The molecule has 5 heteroatoms. The van der Waals surface area contributed by atoms with Gasteiger partial charge in [-0.25, -0.2) is 4.79 Å². The molecule has 1 rings (SSSR count). The van der Waals surface area contributed by atoms with E-state index in [1.54, 1.807) is 24.3 Å². The summed E-state index contributed by atoms with van der Waals surface area (Å²) in [5, 5.41) is 3.52. The van der Waals surface area contributed by atoms with Crippen LogP contribution in [0.3, 0.4) is 0 Å². The van der Waals surface area contributed by atoms with Gasteiger partial charge in [-0.3, -0.25) is 4.79 Å². The van der Waals surface area contributed by atoms with Gasteiger partial charge in [0.2, 0.25) is 5.91 Å². The number of methoxy groups -OCH3 is 1. The minimum absolute atomic E-state index is 0.0635. The fourth-order valence-corrected chi connectivity index (χ4v) is 1.57. The van der Waals surface area contributed by atoms with Gasteiger partial charge >= 0.3 is 5.97 Å². The van der Waals surface area contributed by atoms with Gasteiger partial charge in [-0.05, 0) is 24.6 Å². The van der Waals surface area contributed by atoms with Crippen LogP contribution < -0.4 is 5.32 Å². The molecule has 1 amide bonds. The Balaban J connectivity index is 2.65. The molecule has 0 fully saturated rings. The van der Waals surface area contributed by atoms with Crippen LogP contribution in [-0.2, 0) is 9.53 Å². The van der Waals surface area contributed by atoms with Crippen molar-refractivity contribution in [3.05, 3.63) is 29.8 Å². The van der Waals surface area contributed by atoms with E-state index in [4.69, 9.17) is 0 Å². The van der Waals surface area contributed by atoms with Crippen LogP contribution in [0.2, 0.25) is 0 Å². The van der Waals surface area contributed by atoms with Crippen molar-refractivity contribution in [3.8, 4) is 0 Å². The van der Waals surface area contributed by atoms with Crippen molar-refractivity contribution in [3.63, 3.8) is 0 Å². The van der Waals surface area contributed by atoms with Gasteiger partial charge in [-0.15, -0.1) is 0 Å². The number of esters is 1. The lowest BCUT2D eigenvalue weighted by atomic mass is 10.2. The van der Waals surface area contributed by atoms with Gasteiger partial charge in [0.25, 0.3) is 0 Å². The van der Waals surface area contributed by atoms with Gasteiger partial charge in [0.15, 0.2) is 0 Å². The average Bonchev–Trinajstić information content (AvgIpc) is 2.35. The molecule has 1 aromatic carbocycles. The van der Waals surface area contributed by atoms with E-state index in [0.717, 1.165) is 11.8 Å². The summed E-state index contributed by atoms with van der Waals surface area (Å²) in [4.78, 5) is 22.8. The van der Waals surface area contributed by atoms with Crippen LogP contribution in [0.5, 0.6) is 0 Å². The average molecular weight is 300 g/mol. The number of rotatable bonds is 5. The molecule has 0 aliphatic rings. The number of carbonyl (C=O) groups is 2. The van der Waals surface area contributed by atoms with E-state index >= 15 is 0 Å². The number of nitrogens with one attached hydrogen (secondary N) is 1. The van der Waals surface area contributed by atoms with Crippen LogP contribution in [0.25, 0.3) is 0 Å². The zero-order valence-electron chi connectivity index (χ0n) is 9.53. The first-order chi connectivity index (χ1) is 8.17. The molecule has 0 spiro atoms. The SMILES string of the molecule is COC(=O)c1cccc(NC(=O)CCCBr)c1. The molecule has 1 N–H and O–H groups in total. The lowest BCUT2D eigenvalue weighted by molar-refractivity contribution is -0.116. The minimum atomic E-state index is -0.415. The van der Waals surface area contributed by atoms with Crippen LogP contribution in [0, 0.1) is 0 Å². The van der Waals surface area contributed by atoms with Gasteiger partial charge in [-0.2, -0.15) is 0 Å². The molecule has 4 nitrogen and oxygen atoms in total. The predicted molar refractivity (Wildman–Crippen MR) is 69.4 cm³/mol. The maximum atomic E-state index is 11.5. The molecule has 0 aliphatic heterocycles. The van der Waals surface area contributed by atoms with Crippen molar-refractivity contribution in [2.75, 3.05) is 17.8 Å². The van der Waals surface area contributed by atoms with E-state index in [0.29, 0.717) is 17.7 Å². The lowest BCUT2D eigenvalue weighted by Gasteiger charge is -2.06. The summed E-state index contributed by atoms with van der Waals surface area (Å²) < 4.78 is 4.60. The predicted octanol–water partition coefficient (Wildman–Crippen LogP) is 2.59. The van der Waals surface area contributed by atoms with Crippen molar-refractivity contribution in [1.29, 1.82) is 0 Å². The zero-order valence-corrected chi connectivity index (χ0v) is 11.1. The minimum Gasteiger partial charge on any atom is -0.465 e. The van der Waals surface area contributed by atoms with E-state index in [1.807, 2.05) is 0 Å². The van der Waals surface area contributed by atoms with E-state index < -0.39 is 5.97 Å². The first-order valence-corrected chi connectivity index (χ1v) is 6.33. The van der Waals surface area contributed by atoms with Crippen LogP contribution >= 0.6 is 15.9 Å². The normalized spacial score (nSPS) is 9.76. The largest absolute Gasteiger partial charge is 0.465 e. The number of halogens is 1. The number of hydrogen-bond donors (Lipinski definition) is 1. The molecule has 0 unspecified atom stereocenters. The second-order valence-corrected chi connectivity index (χ2v) is 4.21. The molecule has 92 valence electrons. The molecule has 1 aromatic rings. The zero-order chi connectivity index (χ0) is 12.7.